The molecule has 0 fully saturated rings. The van der Waals surface area contributed by atoms with Crippen LogP contribution in [0.4, 0.5) is 17.3 Å². The van der Waals surface area contributed by atoms with Crippen molar-refractivity contribution in [2.45, 2.75) is 19.8 Å². The number of anilines is 3. The monoisotopic (exact) mass is 324 g/mol. The summed E-state index contributed by atoms with van der Waals surface area (Å²) in [6.45, 7) is 3.13. The molecule has 112 valence electrons. The summed E-state index contributed by atoms with van der Waals surface area (Å²) in [6, 6.07) is 7.26. The van der Waals surface area contributed by atoms with Crippen LogP contribution in [0.15, 0.2) is 30.6 Å². The number of nitrogens with zero attached hydrogens (tertiary/aromatic N) is 3. The Labute approximate surface area is 135 Å². The number of rotatable bonds is 6. The maximum atomic E-state index is 6.15. The van der Waals surface area contributed by atoms with Crippen LogP contribution < -0.4 is 10.2 Å². The first-order chi connectivity index (χ1) is 10.1. The summed E-state index contributed by atoms with van der Waals surface area (Å²) < 4.78 is 0. The molecule has 1 aromatic carbocycles. The first-order valence-electron chi connectivity index (χ1n) is 6.86. The minimum atomic E-state index is 0.557. The lowest BCUT2D eigenvalue weighted by atomic mass is 10.3. The SMILES string of the molecule is CCCCN(C)c1cc(Nc2c(Cl)cccc2Cl)ncn1. The van der Waals surface area contributed by atoms with E-state index in [4.69, 9.17) is 23.2 Å². The van der Waals surface area contributed by atoms with Crippen LogP contribution in [0, 0.1) is 0 Å². The molecule has 4 nitrogen and oxygen atoms in total. The summed E-state index contributed by atoms with van der Waals surface area (Å²) in [6.07, 6.45) is 3.81. The molecule has 6 heteroatoms. The Kier molecular flexibility index (Phi) is 5.65. The van der Waals surface area contributed by atoms with Crippen molar-refractivity contribution in [2.24, 2.45) is 0 Å². The molecule has 0 aliphatic carbocycles. The van der Waals surface area contributed by atoms with Gasteiger partial charge in [-0.1, -0.05) is 42.6 Å². The Morgan fingerprint density at radius 2 is 1.90 bits per heavy atom. The second-order valence-electron chi connectivity index (χ2n) is 4.76. The van der Waals surface area contributed by atoms with E-state index in [1.807, 2.05) is 13.1 Å². The number of unbranched alkanes of at least 4 members (excludes halogenated alkanes) is 1. The number of nitrogens with one attached hydrogen (secondary N) is 1. The number of hydrogen-bond acceptors (Lipinski definition) is 4. The first kappa shape index (κ1) is 15.9. The molecule has 21 heavy (non-hydrogen) atoms. The van der Waals surface area contributed by atoms with E-state index in [0.29, 0.717) is 21.6 Å². The molecule has 0 radical (unpaired) electrons. The molecule has 2 rings (SSSR count). The lowest BCUT2D eigenvalue weighted by Gasteiger charge is -2.18. The van der Waals surface area contributed by atoms with Crippen molar-refractivity contribution >= 4 is 40.5 Å². The van der Waals surface area contributed by atoms with Crippen LogP contribution in [0.25, 0.3) is 0 Å². The Balaban J connectivity index is 2.18. The van der Waals surface area contributed by atoms with Gasteiger partial charge in [0.25, 0.3) is 0 Å². The molecule has 2 aromatic rings. The molecular formula is C15H18Cl2N4. The van der Waals surface area contributed by atoms with Crippen LogP contribution in [0.3, 0.4) is 0 Å². The smallest absolute Gasteiger partial charge is 0.135 e. The average Bonchev–Trinajstić information content (AvgIpc) is 2.49. The van der Waals surface area contributed by atoms with Gasteiger partial charge in [-0.25, -0.2) is 9.97 Å². The van der Waals surface area contributed by atoms with Crippen LogP contribution in [0.5, 0.6) is 0 Å². The molecule has 0 spiro atoms. The van der Waals surface area contributed by atoms with Crippen LogP contribution in [-0.2, 0) is 0 Å². The molecule has 0 atom stereocenters. The fourth-order valence-electron chi connectivity index (χ4n) is 1.88. The summed E-state index contributed by atoms with van der Waals surface area (Å²) in [5.74, 6) is 1.53. The van der Waals surface area contributed by atoms with E-state index in [2.05, 4.69) is 27.1 Å². The standard InChI is InChI=1S/C15H18Cl2N4/c1-3-4-8-21(2)14-9-13(18-10-19-14)20-15-11(16)6-5-7-12(15)17/h5-7,9-10H,3-4,8H2,1-2H3,(H,18,19,20). The lowest BCUT2D eigenvalue weighted by Crippen LogP contribution is -2.19. The Morgan fingerprint density at radius 3 is 2.57 bits per heavy atom. The highest BCUT2D eigenvalue weighted by molar-refractivity contribution is 6.39. The topological polar surface area (TPSA) is 41.0 Å². The Bertz CT molecular complexity index is 584. The van der Waals surface area contributed by atoms with Crippen LogP contribution >= 0.6 is 23.2 Å². The second kappa shape index (κ2) is 7.48. The van der Waals surface area contributed by atoms with E-state index in [1.54, 1.807) is 18.2 Å². The fourth-order valence-corrected chi connectivity index (χ4v) is 2.37. The molecule has 1 heterocycles. The van der Waals surface area contributed by atoms with Gasteiger partial charge in [0.2, 0.25) is 0 Å². The summed E-state index contributed by atoms with van der Waals surface area (Å²) >= 11 is 12.3. The maximum absolute atomic E-state index is 6.15. The largest absolute Gasteiger partial charge is 0.360 e. The second-order valence-corrected chi connectivity index (χ2v) is 5.57. The number of halogens is 2. The summed E-state index contributed by atoms with van der Waals surface area (Å²) in [4.78, 5) is 10.6. The van der Waals surface area contributed by atoms with Crippen LogP contribution in [0.1, 0.15) is 19.8 Å². The van der Waals surface area contributed by atoms with Gasteiger partial charge in [0.1, 0.15) is 18.0 Å². The lowest BCUT2D eigenvalue weighted by molar-refractivity contribution is 0.758. The number of para-hydroxylation sites is 1. The zero-order chi connectivity index (χ0) is 15.2. The van der Waals surface area contributed by atoms with Gasteiger partial charge >= 0.3 is 0 Å². The van der Waals surface area contributed by atoms with Gasteiger partial charge in [0, 0.05) is 19.7 Å². The number of benzene rings is 1. The van der Waals surface area contributed by atoms with Gasteiger partial charge < -0.3 is 10.2 Å². The molecule has 0 bridgehead atoms. The average molecular weight is 325 g/mol. The molecular weight excluding hydrogens is 307 g/mol. The van der Waals surface area contributed by atoms with Crippen molar-refractivity contribution in [1.82, 2.24) is 9.97 Å². The molecule has 0 amide bonds. The Morgan fingerprint density at radius 1 is 1.19 bits per heavy atom. The highest BCUT2D eigenvalue weighted by atomic mass is 35.5. The van der Waals surface area contributed by atoms with E-state index in [1.165, 1.54) is 6.33 Å². The minimum Gasteiger partial charge on any atom is -0.360 e. The summed E-state index contributed by atoms with van der Waals surface area (Å²) in [7, 11) is 2.02. The third-order valence-electron chi connectivity index (χ3n) is 3.11. The molecule has 1 aromatic heterocycles. The van der Waals surface area contributed by atoms with E-state index < -0.39 is 0 Å². The predicted octanol–water partition coefficient (Wildman–Crippen LogP) is 4.76. The highest BCUT2D eigenvalue weighted by Gasteiger charge is 2.08. The molecule has 0 aliphatic rings. The van der Waals surface area contributed by atoms with Gasteiger partial charge in [-0.05, 0) is 18.6 Å². The first-order valence-corrected chi connectivity index (χ1v) is 7.61. The maximum Gasteiger partial charge on any atom is 0.135 e. The van der Waals surface area contributed by atoms with E-state index in [-0.39, 0.29) is 0 Å². The van der Waals surface area contributed by atoms with E-state index >= 15 is 0 Å². The molecule has 0 saturated carbocycles. The van der Waals surface area contributed by atoms with Gasteiger partial charge in [-0.2, -0.15) is 0 Å². The third-order valence-corrected chi connectivity index (χ3v) is 3.74. The number of hydrogen-bond donors (Lipinski definition) is 1. The molecule has 1 N–H and O–H groups in total. The van der Waals surface area contributed by atoms with Crippen molar-refractivity contribution in [3.8, 4) is 0 Å². The zero-order valence-corrected chi connectivity index (χ0v) is 13.6. The van der Waals surface area contributed by atoms with E-state index in [0.717, 1.165) is 25.2 Å². The van der Waals surface area contributed by atoms with Gasteiger partial charge in [-0.3, -0.25) is 0 Å². The van der Waals surface area contributed by atoms with Crippen LogP contribution in [-0.4, -0.2) is 23.6 Å². The highest BCUT2D eigenvalue weighted by Crippen LogP contribution is 2.32. The van der Waals surface area contributed by atoms with Gasteiger partial charge in [-0.15, -0.1) is 0 Å². The third kappa shape index (κ3) is 4.22. The van der Waals surface area contributed by atoms with Gasteiger partial charge in [0.05, 0.1) is 15.7 Å². The summed E-state index contributed by atoms with van der Waals surface area (Å²) in [5.41, 5.74) is 0.654. The van der Waals surface area contributed by atoms with Crippen LogP contribution in [0.2, 0.25) is 10.0 Å². The summed E-state index contributed by atoms with van der Waals surface area (Å²) in [5, 5.41) is 4.26. The zero-order valence-electron chi connectivity index (χ0n) is 12.1. The predicted molar refractivity (Wildman–Crippen MR) is 90.0 cm³/mol. The van der Waals surface area contributed by atoms with E-state index in [9.17, 15) is 0 Å². The fraction of sp³-hybridized carbons (Fsp3) is 0.333. The van der Waals surface area contributed by atoms with Crippen molar-refractivity contribution < 1.29 is 0 Å². The normalized spacial score (nSPS) is 10.5. The Hall–Kier alpha value is -1.52. The quantitative estimate of drug-likeness (QED) is 0.831. The van der Waals surface area contributed by atoms with Crippen molar-refractivity contribution in [3.05, 3.63) is 40.6 Å². The number of aromatic nitrogens is 2. The van der Waals surface area contributed by atoms with Crippen molar-refractivity contribution in [2.75, 3.05) is 23.8 Å². The van der Waals surface area contributed by atoms with Crippen molar-refractivity contribution in [1.29, 1.82) is 0 Å². The molecule has 0 aliphatic heterocycles. The molecule has 0 unspecified atom stereocenters. The molecule has 0 saturated heterocycles. The van der Waals surface area contributed by atoms with Crippen molar-refractivity contribution in [3.63, 3.8) is 0 Å². The van der Waals surface area contributed by atoms with Gasteiger partial charge in [0.15, 0.2) is 0 Å². The minimum absolute atomic E-state index is 0.557.